The molecule has 176 valence electrons. The number of hydrogen-bond acceptors (Lipinski definition) is 8. The Morgan fingerprint density at radius 2 is 1.82 bits per heavy atom. The van der Waals surface area contributed by atoms with E-state index in [0.717, 1.165) is 33.1 Å². The Hall–Kier alpha value is -2.49. The van der Waals surface area contributed by atoms with Crippen LogP contribution in [0.1, 0.15) is 43.2 Å². The molecule has 0 fully saturated rings. The lowest BCUT2D eigenvalue weighted by Crippen LogP contribution is -2.27. The molecule has 0 saturated heterocycles. The second kappa shape index (κ2) is 11.6. The average Bonchev–Trinajstić information content (AvgIpc) is 3.24. The van der Waals surface area contributed by atoms with E-state index >= 15 is 0 Å². The van der Waals surface area contributed by atoms with Gasteiger partial charge in [0.25, 0.3) is 0 Å². The second-order valence-corrected chi connectivity index (χ2v) is 10.9. The minimum absolute atomic E-state index is 0.592. The van der Waals surface area contributed by atoms with Crippen LogP contribution in [-0.4, -0.2) is 44.4 Å². The van der Waals surface area contributed by atoms with Crippen molar-refractivity contribution in [1.82, 2.24) is 15.0 Å². The van der Waals surface area contributed by atoms with Crippen molar-refractivity contribution in [3.63, 3.8) is 0 Å². The summed E-state index contributed by atoms with van der Waals surface area (Å²) in [5.74, 6) is -0.162. The number of nitrogens with zero attached hydrogens (tertiary/aromatic N) is 4. The first-order valence-corrected chi connectivity index (χ1v) is 12.5. The van der Waals surface area contributed by atoms with Crippen molar-refractivity contribution in [2.75, 3.05) is 18.6 Å². The molecule has 0 amide bonds. The minimum atomic E-state index is -0.912. The van der Waals surface area contributed by atoms with E-state index in [1.54, 1.807) is 21.0 Å². The molecule has 0 atom stereocenters. The first kappa shape index (κ1) is 25.1. The van der Waals surface area contributed by atoms with Gasteiger partial charge in [-0.05, 0) is 37.0 Å². The van der Waals surface area contributed by atoms with Crippen molar-refractivity contribution in [3.05, 3.63) is 64.4 Å². The largest absolute Gasteiger partial charge is 0.480 e. The van der Waals surface area contributed by atoms with Crippen LogP contribution < -0.4 is 4.90 Å². The molecule has 3 rings (SSSR count). The molecule has 1 N–H and O–H groups in total. The summed E-state index contributed by atoms with van der Waals surface area (Å²) in [5.41, 5.74) is 4.34. The number of aromatic nitrogens is 3. The fourth-order valence-electron chi connectivity index (χ4n) is 3.03. The number of thiazole rings is 1. The monoisotopic (exact) mass is 486 g/mol. The van der Waals surface area contributed by atoms with Crippen molar-refractivity contribution in [2.24, 2.45) is 0 Å². The van der Waals surface area contributed by atoms with Crippen LogP contribution in [0, 0.1) is 0 Å². The SMILES string of the molecule is CCc1cnc(N(CCc2csc(SC(C)(C)C(=O)O)n2)Cc2ccc(COC)cc2)nc1. The van der Waals surface area contributed by atoms with Crippen molar-refractivity contribution in [2.45, 2.75) is 55.9 Å². The summed E-state index contributed by atoms with van der Waals surface area (Å²) in [6.07, 6.45) is 5.36. The number of carboxylic acids is 1. The molecule has 0 aliphatic carbocycles. The molecule has 0 aliphatic heterocycles. The van der Waals surface area contributed by atoms with Gasteiger partial charge in [0.1, 0.15) is 4.75 Å². The van der Waals surface area contributed by atoms with E-state index in [4.69, 9.17) is 4.74 Å². The molecule has 0 saturated carbocycles. The number of anilines is 1. The molecule has 2 heterocycles. The highest BCUT2D eigenvalue weighted by Crippen LogP contribution is 2.34. The van der Waals surface area contributed by atoms with Crippen molar-refractivity contribution < 1.29 is 14.6 Å². The van der Waals surface area contributed by atoms with E-state index in [2.05, 4.69) is 51.0 Å². The van der Waals surface area contributed by atoms with E-state index in [1.165, 1.54) is 23.1 Å². The van der Waals surface area contributed by atoms with Crippen LogP contribution in [-0.2, 0) is 35.5 Å². The quantitative estimate of drug-likeness (QED) is 0.364. The highest BCUT2D eigenvalue weighted by Gasteiger charge is 2.29. The Kier molecular flexibility index (Phi) is 8.82. The van der Waals surface area contributed by atoms with Crippen LogP contribution in [0.2, 0.25) is 0 Å². The normalized spacial score (nSPS) is 11.5. The van der Waals surface area contributed by atoms with Gasteiger partial charge < -0.3 is 14.7 Å². The lowest BCUT2D eigenvalue weighted by atomic mass is 10.1. The molecular formula is C24H30N4O3S2. The van der Waals surface area contributed by atoms with Crippen LogP contribution in [0.3, 0.4) is 0 Å². The number of aryl methyl sites for hydroxylation is 1. The molecule has 0 radical (unpaired) electrons. The fraction of sp³-hybridized carbons (Fsp3) is 0.417. The smallest absolute Gasteiger partial charge is 0.319 e. The fourth-order valence-corrected chi connectivity index (χ4v) is 5.26. The number of hydrogen-bond donors (Lipinski definition) is 1. The first-order chi connectivity index (χ1) is 15.8. The van der Waals surface area contributed by atoms with E-state index in [0.29, 0.717) is 32.1 Å². The second-order valence-electron chi connectivity index (χ2n) is 8.19. The van der Waals surface area contributed by atoms with Gasteiger partial charge in [-0.25, -0.2) is 15.0 Å². The van der Waals surface area contributed by atoms with Gasteiger partial charge in [-0.15, -0.1) is 11.3 Å². The summed E-state index contributed by atoms with van der Waals surface area (Å²) in [7, 11) is 1.69. The number of rotatable bonds is 12. The molecule has 0 unspecified atom stereocenters. The summed E-state index contributed by atoms with van der Waals surface area (Å²) in [5, 5.41) is 11.4. The van der Waals surface area contributed by atoms with E-state index in [9.17, 15) is 9.90 Å². The standard InChI is InChI=1S/C24H30N4O3S2/c1-5-17-12-25-22(26-13-17)28(14-18-6-8-19(9-7-18)15-31-4)11-10-20-16-32-23(27-20)33-24(2,3)21(29)30/h6-9,12-13,16H,5,10-11,14-15H2,1-4H3,(H,29,30). The van der Waals surface area contributed by atoms with Crippen LogP contribution in [0.4, 0.5) is 5.95 Å². The third-order valence-electron chi connectivity index (χ3n) is 5.12. The molecule has 0 bridgehead atoms. The Labute approximate surface area is 203 Å². The number of benzene rings is 1. The molecule has 9 heteroatoms. The Balaban J connectivity index is 1.72. The molecule has 0 spiro atoms. The van der Waals surface area contributed by atoms with Gasteiger partial charge in [0.05, 0.1) is 12.3 Å². The Morgan fingerprint density at radius 3 is 2.42 bits per heavy atom. The van der Waals surface area contributed by atoms with Crippen LogP contribution >= 0.6 is 23.1 Å². The number of ether oxygens (including phenoxy) is 1. The summed E-state index contributed by atoms with van der Waals surface area (Å²) in [4.78, 5) is 27.4. The van der Waals surface area contributed by atoms with Gasteiger partial charge in [0.15, 0.2) is 4.34 Å². The van der Waals surface area contributed by atoms with Gasteiger partial charge in [-0.1, -0.05) is 43.0 Å². The highest BCUT2D eigenvalue weighted by atomic mass is 32.2. The van der Waals surface area contributed by atoms with E-state index < -0.39 is 10.7 Å². The third kappa shape index (κ3) is 7.25. The van der Waals surface area contributed by atoms with Gasteiger partial charge in [-0.2, -0.15) is 0 Å². The molecule has 33 heavy (non-hydrogen) atoms. The molecule has 7 nitrogen and oxygen atoms in total. The predicted molar refractivity (Wildman–Crippen MR) is 133 cm³/mol. The van der Waals surface area contributed by atoms with Crippen molar-refractivity contribution >= 4 is 35.0 Å². The molecule has 1 aromatic carbocycles. The number of methoxy groups -OCH3 is 1. The molecule has 3 aromatic rings. The molecule has 2 aromatic heterocycles. The minimum Gasteiger partial charge on any atom is -0.480 e. The summed E-state index contributed by atoms with van der Waals surface area (Å²) >= 11 is 2.76. The topological polar surface area (TPSA) is 88.4 Å². The van der Waals surface area contributed by atoms with Crippen molar-refractivity contribution in [1.29, 1.82) is 0 Å². The van der Waals surface area contributed by atoms with E-state index in [1.807, 2.05) is 17.8 Å². The Morgan fingerprint density at radius 1 is 1.15 bits per heavy atom. The van der Waals surface area contributed by atoms with Crippen molar-refractivity contribution in [3.8, 4) is 0 Å². The maximum absolute atomic E-state index is 11.4. The Bertz CT molecular complexity index is 1040. The maximum atomic E-state index is 11.4. The zero-order valence-electron chi connectivity index (χ0n) is 19.4. The number of carboxylic acid groups (broad SMARTS) is 1. The number of thioether (sulfide) groups is 1. The molecule has 0 aliphatic rings. The third-order valence-corrected chi connectivity index (χ3v) is 7.29. The van der Waals surface area contributed by atoms with Crippen LogP contribution in [0.25, 0.3) is 0 Å². The molecular weight excluding hydrogens is 456 g/mol. The van der Waals surface area contributed by atoms with Gasteiger partial charge in [0, 0.05) is 44.4 Å². The summed E-state index contributed by atoms with van der Waals surface area (Å²) in [6, 6.07) is 8.36. The van der Waals surface area contributed by atoms with Gasteiger partial charge in [-0.3, -0.25) is 4.79 Å². The zero-order valence-corrected chi connectivity index (χ0v) is 21.1. The van der Waals surface area contributed by atoms with E-state index in [-0.39, 0.29) is 0 Å². The lowest BCUT2D eigenvalue weighted by molar-refractivity contribution is -0.138. The predicted octanol–water partition coefficient (Wildman–Crippen LogP) is 4.85. The summed E-state index contributed by atoms with van der Waals surface area (Å²) < 4.78 is 5.06. The number of carbonyl (C=O) groups is 1. The van der Waals surface area contributed by atoms with Gasteiger partial charge >= 0.3 is 5.97 Å². The van der Waals surface area contributed by atoms with Crippen LogP contribution in [0.5, 0.6) is 0 Å². The highest BCUT2D eigenvalue weighted by molar-refractivity contribution is 8.02. The first-order valence-electron chi connectivity index (χ1n) is 10.8. The average molecular weight is 487 g/mol. The summed E-state index contributed by atoms with van der Waals surface area (Å²) in [6.45, 7) is 7.43. The van der Waals surface area contributed by atoms with Crippen LogP contribution in [0.15, 0.2) is 46.4 Å². The number of aliphatic carboxylic acids is 1. The lowest BCUT2D eigenvalue weighted by Gasteiger charge is -2.22. The maximum Gasteiger partial charge on any atom is 0.319 e. The zero-order chi connectivity index (χ0) is 23.8. The van der Waals surface area contributed by atoms with Gasteiger partial charge in [0.2, 0.25) is 5.95 Å².